The number of benzene rings is 1. The molecule has 0 unspecified atom stereocenters. The van der Waals surface area contributed by atoms with Crippen molar-refractivity contribution in [2.75, 3.05) is 0 Å². The number of oxazole rings is 1. The highest BCUT2D eigenvalue weighted by Crippen LogP contribution is 2.24. The third-order valence-corrected chi connectivity index (χ3v) is 2.31. The topological polar surface area (TPSA) is 52.3 Å². The molecular weight excluding hydrogens is 297 g/mol. The van der Waals surface area contributed by atoms with E-state index < -0.39 is 5.97 Å². The number of carbonyl (C=O) groups is 1. The van der Waals surface area contributed by atoms with Crippen LogP contribution >= 0.6 is 0 Å². The summed E-state index contributed by atoms with van der Waals surface area (Å²) in [4.78, 5) is 18.4. The van der Waals surface area contributed by atoms with Crippen LogP contribution in [0.1, 0.15) is 63.6 Å². The van der Waals surface area contributed by atoms with Crippen LogP contribution in [-0.4, -0.2) is 11.0 Å². The predicted octanol–water partition coefficient (Wildman–Crippen LogP) is 6.08. The Balaban J connectivity index is 0. The molecule has 2 rings (SSSR count). The fourth-order valence-corrected chi connectivity index (χ4v) is 1.51. The van der Waals surface area contributed by atoms with Crippen molar-refractivity contribution in [3.05, 3.63) is 41.5 Å². The lowest BCUT2D eigenvalue weighted by molar-refractivity contribution is -0.0811. The van der Waals surface area contributed by atoms with Crippen LogP contribution in [0.2, 0.25) is 0 Å². The number of hydrogen-bond donors (Lipinski definition) is 0. The largest absolute Gasteiger partial charge is 0.433 e. The number of rotatable bonds is 2. The van der Waals surface area contributed by atoms with Gasteiger partial charge in [0.1, 0.15) is 5.69 Å². The van der Waals surface area contributed by atoms with Crippen molar-refractivity contribution in [3.8, 4) is 11.3 Å². The van der Waals surface area contributed by atoms with Crippen LogP contribution in [0.25, 0.3) is 11.3 Å². The molecule has 0 N–H and O–H groups in total. The first-order valence-corrected chi connectivity index (χ1v) is 7.99. The van der Waals surface area contributed by atoms with E-state index >= 15 is 0 Å². The fraction of sp³-hybridized carbons (Fsp3) is 0.444. The number of nitrogens with zero attached hydrogens (tertiary/aromatic N) is 1. The Labute approximate surface area is 138 Å². The van der Waals surface area contributed by atoms with E-state index in [1.165, 1.54) is 0 Å². The molecule has 0 bridgehead atoms. The van der Waals surface area contributed by atoms with Gasteiger partial charge in [-0.3, -0.25) is 0 Å². The SMILES string of the molecule is CC.CC.CC.Cc1ccc(-c2nc(C)oc2C(=O)OF)cc1. The summed E-state index contributed by atoms with van der Waals surface area (Å²) >= 11 is 0. The number of carbonyl (C=O) groups excluding carboxylic acids is 1. The summed E-state index contributed by atoms with van der Waals surface area (Å²) in [6.45, 7) is 15.5. The van der Waals surface area contributed by atoms with Gasteiger partial charge in [0.05, 0.1) is 0 Å². The highest BCUT2D eigenvalue weighted by atomic mass is 19.3. The summed E-state index contributed by atoms with van der Waals surface area (Å²) in [7, 11) is 0. The second-order valence-electron chi connectivity index (χ2n) is 3.64. The molecule has 0 spiro atoms. The van der Waals surface area contributed by atoms with Crippen molar-refractivity contribution in [1.82, 2.24) is 4.98 Å². The molecule has 1 heterocycles. The molecule has 0 aliphatic heterocycles. The Morgan fingerprint density at radius 3 is 1.91 bits per heavy atom. The third-order valence-electron chi connectivity index (χ3n) is 2.31. The molecule has 130 valence electrons. The quantitative estimate of drug-likeness (QED) is 0.671. The minimum Gasteiger partial charge on any atom is -0.433 e. The summed E-state index contributed by atoms with van der Waals surface area (Å²) in [5.41, 5.74) is 2.03. The first kappa shape index (κ1) is 23.1. The first-order chi connectivity index (χ1) is 11.1. The molecule has 23 heavy (non-hydrogen) atoms. The molecule has 0 saturated heterocycles. The zero-order valence-electron chi connectivity index (χ0n) is 15.4. The number of aromatic nitrogens is 1. The molecule has 1 aromatic carbocycles. The average molecular weight is 325 g/mol. The van der Waals surface area contributed by atoms with Crippen LogP contribution in [0, 0.1) is 13.8 Å². The van der Waals surface area contributed by atoms with Crippen molar-refractivity contribution >= 4 is 5.97 Å². The Bertz CT molecular complexity index is 548. The second-order valence-corrected chi connectivity index (χ2v) is 3.64. The predicted molar refractivity (Wildman–Crippen MR) is 92.0 cm³/mol. The van der Waals surface area contributed by atoms with E-state index in [9.17, 15) is 9.32 Å². The van der Waals surface area contributed by atoms with Gasteiger partial charge in [-0.2, -0.15) is 0 Å². The summed E-state index contributed by atoms with van der Waals surface area (Å²) in [5, 5.41) is 0. The van der Waals surface area contributed by atoms with Crippen molar-refractivity contribution in [3.63, 3.8) is 0 Å². The summed E-state index contributed by atoms with van der Waals surface area (Å²) < 4.78 is 16.9. The molecule has 0 radical (unpaired) electrons. The maximum Gasteiger partial charge on any atom is 0.416 e. The molecule has 0 amide bonds. The van der Waals surface area contributed by atoms with E-state index in [1.54, 1.807) is 19.1 Å². The van der Waals surface area contributed by atoms with Crippen molar-refractivity contribution < 1.29 is 18.7 Å². The van der Waals surface area contributed by atoms with Crippen LogP contribution in [0.5, 0.6) is 0 Å². The lowest BCUT2D eigenvalue weighted by Crippen LogP contribution is -1.99. The molecule has 5 heteroatoms. The summed E-state index contributed by atoms with van der Waals surface area (Å²) in [5.74, 6) is -1.13. The van der Waals surface area contributed by atoms with E-state index in [1.807, 2.05) is 60.6 Å². The maximum absolute atomic E-state index is 11.9. The van der Waals surface area contributed by atoms with E-state index in [0.717, 1.165) is 5.56 Å². The maximum atomic E-state index is 11.9. The van der Waals surface area contributed by atoms with Gasteiger partial charge in [-0.15, -0.1) is 0 Å². The molecule has 0 atom stereocenters. The van der Waals surface area contributed by atoms with Crippen LogP contribution < -0.4 is 0 Å². The molecule has 0 aliphatic carbocycles. The smallest absolute Gasteiger partial charge is 0.416 e. The number of halogens is 1. The van der Waals surface area contributed by atoms with Crippen molar-refractivity contribution in [1.29, 1.82) is 0 Å². The molecule has 0 saturated carbocycles. The highest BCUT2D eigenvalue weighted by Gasteiger charge is 2.22. The highest BCUT2D eigenvalue weighted by molar-refractivity contribution is 5.92. The number of hydrogen-bond acceptors (Lipinski definition) is 4. The fourth-order valence-electron chi connectivity index (χ4n) is 1.51. The normalized spacial score (nSPS) is 8.39. The number of aryl methyl sites for hydroxylation is 2. The van der Waals surface area contributed by atoms with Gasteiger partial charge in [0.15, 0.2) is 5.89 Å². The Morgan fingerprint density at radius 1 is 1.00 bits per heavy atom. The van der Waals surface area contributed by atoms with E-state index in [-0.39, 0.29) is 17.3 Å². The molecule has 0 fully saturated rings. The van der Waals surface area contributed by atoms with Gasteiger partial charge in [-0.05, 0) is 6.92 Å². The minimum atomic E-state index is -1.18. The van der Waals surface area contributed by atoms with Gasteiger partial charge < -0.3 is 4.42 Å². The van der Waals surface area contributed by atoms with E-state index in [2.05, 4.69) is 9.93 Å². The zero-order chi connectivity index (χ0) is 18.4. The van der Waals surface area contributed by atoms with Crippen molar-refractivity contribution in [2.45, 2.75) is 55.4 Å². The Hall–Kier alpha value is -2.17. The van der Waals surface area contributed by atoms with Gasteiger partial charge in [0.25, 0.3) is 0 Å². The van der Waals surface area contributed by atoms with Gasteiger partial charge in [0.2, 0.25) is 5.76 Å². The standard InChI is InChI=1S/C12H10FNO3.3C2H6/c1-7-3-5-9(6-4-7)10-11(12(15)17-13)16-8(2)14-10;3*1-2/h3-6H,1-2H3;3*1-2H3. The van der Waals surface area contributed by atoms with Gasteiger partial charge in [0, 0.05) is 17.0 Å². The van der Waals surface area contributed by atoms with Crippen LogP contribution in [0.4, 0.5) is 4.53 Å². The van der Waals surface area contributed by atoms with Crippen LogP contribution in [0.15, 0.2) is 28.7 Å². The lowest BCUT2D eigenvalue weighted by Gasteiger charge is -1.98. The van der Waals surface area contributed by atoms with Gasteiger partial charge in [-0.25, -0.2) is 14.7 Å². The van der Waals surface area contributed by atoms with E-state index in [4.69, 9.17) is 4.42 Å². The second kappa shape index (κ2) is 13.5. The molecule has 1 aromatic heterocycles. The molecule has 0 aliphatic rings. The van der Waals surface area contributed by atoms with E-state index in [0.29, 0.717) is 5.56 Å². The first-order valence-electron chi connectivity index (χ1n) is 7.99. The monoisotopic (exact) mass is 325 g/mol. The third kappa shape index (κ3) is 7.08. The minimum absolute atomic E-state index is 0.228. The van der Waals surface area contributed by atoms with Crippen LogP contribution in [-0.2, 0) is 4.94 Å². The lowest BCUT2D eigenvalue weighted by atomic mass is 10.1. The zero-order valence-corrected chi connectivity index (χ0v) is 15.4. The van der Waals surface area contributed by atoms with Crippen molar-refractivity contribution in [2.24, 2.45) is 0 Å². The summed E-state index contributed by atoms with van der Waals surface area (Å²) in [6, 6.07) is 7.29. The Kier molecular flexibility index (Phi) is 13.5. The average Bonchev–Trinajstić information content (AvgIpc) is 3.02. The summed E-state index contributed by atoms with van der Waals surface area (Å²) in [6.07, 6.45) is 0. The molecule has 4 nitrogen and oxygen atoms in total. The Morgan fingerprint density at radius 2 is 1.48 bits per heavy atom. The van der Waals surface area contributed by atoms with Gasteiger partial charge in [-0.1, -0.05) is 71.4 Å². The molecular formula is C18H28FNO3. The molecule has 2 aromatic rings. The van der Waals surface area contributed by atoms with Crippen LogP contribution in [0.3, 0.4) is 0 Å². The van der Waals surface area contributed by atoms with Gasteiger partial charge >= 0.3 is 5.97 Å².